The van der Waals surface area contributed by atoms with Crippen LogP contribution in [0.3, 0.4) is 0 Å². The molecule has 6 nitrogen and oxygen atoms in total. The van der Waals surface area contributed by atoms with Crippen LogP contribution in [0.4, 0.5) is 4.39 Å². The van der Waals surface area contributed by atoms with Crippen molar-refractivity contribution in [3.63, 3.8) is 0 Å². The molecule has 0 radical (unpaired) electrons. The number of amides is 1. The van der Waals surface area contributed by atoms with Gasteiger partial charge in [-0.1, -0.05) is 12.1 Å². The highest BCUT2D eigenvalue weighted by Gasteiger charge is 2.09. The summed E-state index contributed by atoms with van der Waals surface area (Å²) in [6.07, 6.45) is -0.0914. The third kappa shape index (κ3) is 7.77. The van der Waals surface area contributed by atoms with Crippen LogP contribution in [-0.4, -0.2) is 38.2 Å². The minimum Gasteiger partial charge on any atom is -0.494 e. The van der Waals surface area contributed by atoms with E-state index in [-0.39, 0.29) is 19.6 Å². The molecule has 0 aliphatic rings. The monoisotopic (exact) mass is 375 g/mol. The van der Waals surface area contributed by atoms with Gasteiger partial charge in [-0.2, -0.15) is 0 Å². The molecule has 0 aromatic heterocycles. The van der Waals surface area contributed by atoms with Crippen molar-refractivity contribution in [1.29, 1.82) is 0 Å². The van der Waals surface area contributed by atoms with Gasteiger partial charge in [-0.3, -0.25) is 9.59 Å². The van der Waals surface area contributed by atoms with E-state index in [1.54, 1.807) is 30.3 Å². The lowest BCUT2D eigenvalue weighted by molar-refractivity contribution is -0.147. The van der Waals surface area contributed by atoms with Gasteiger partial charge in [0.2, 0.25) is 0 Å². The lowest BCUT2D eigenvalue weighted by atomic mass is 10.1. The first kappa shape index (κ1) is 20.2. The average molecular weight is 375 g/mol. The maximum absolute atomic E-state index is 13.0. The van der Waals surface area contributed by atoms with E-state index < -0.39 is 24.3 Å². The van der Waals surface area contributed by atoms with Crippen molar-refractivity contribution >= 4 is 11.9 Å². The predicted octanol–water partition coefficient (Wildman–Crippen LogP) is 2.51. The van der Waals surface area contributed by atoms with E-state index in [4.69, 9.17) is 14.2 Å². The Bertz CT molecular complexity index is 748. The minimum absolute atomic E-state index is 0.0914. The van der Waals surface area contributed by atoms with Crippen molar-refractivity contribution in [3.8, 4) is 11.5 Å². The second kappa shape index (κ2) is 10.8. The highest BCUT2D eigenvalue weighted by atomic mass is 19.1. The molecule has 0 fully saturated rings. The van der Waals surface area contributed by atoms with Gasteiger partial charge >= 0.3 is 5.97 Å². The van der Waals surface area contributed by atoms with E-state index in [1.165, 1.54) is 18.2 Å². The Kier molecular flexibility index (Phi) is 8.09. The second-order valence-corrected chi connectivity index (χ2v) is 5.57. The zero-order valence-corrected chi connectivity index (χ0v) is 15.1. The second-order valence-electron chi connectivity index (χ2n) is 5.57. The van der Waals surface area contributed by atoms with Crippen LogP contribution in [0.5, 0.6) is 11.5 Å². The molecule has 2 aromatic rings. The average Bonchev–Trinajstić information content (AvgIpc) is 2.65. The van der Waals surface area contributed by atoms with E-state index in [2.05, 4.69) is 5.32 Å². The summed E-state index contributed by atoms with van der Waals surface area (Å²) in [5.41, 5.74) is 0.490. The highest BCUT2D eigenvalue weighted by molar-refractivity contribution is 5.81. The van der Waals surface area contributed by atoms with Gasteiger partial charge in [-0.25, -0.2) is 4.39 Å². The molecule has 1 N–H and O–H groups in total. The number of carbonyl (C=O) groups excluding carboxylic acids is 2. The van der Waals surface area contributed by atoms with E-state index in [1.807, 2.05) is 6.92 Å². The zero-order chi connectivity index (χ0) is 19.5. The van der Waals surface area contributed by atoms with Crippen LogP contribution in [0.1, 0.15) is 12.5 Å². The topological polar surface area (TPSA) is 73.9 Å². The maximum atomic E-state index is 13.0. The van der Waals surface area contributed by atoms with Crippen LogP contribution in [0.2, 0.25) is 0 Å². The summed E-state index contributed by atoms with van der Waals surface area (Å²) in [6.45, 7) is 2.66. The fraction of sp³-hybridized carbons (Fsp3) is 0.300. The molecule has 0 saturated heterocycles. The molecule has 2 rings (SSSR count). The molecule has 0 saturated carbocycles. The lowest BCUT2D eigenvalue weighted by Crippen LogP contribution is -2.32. The molecule has 2 aromatic carbocycles. The molecule has 0 atom stereocenters. The van der Waals surface area contributed by atoms with Crippen molar-refractivity contribution in [2.24, 2.45) is 0 Å². The minimum atomic E-state index is -0.596. The van der Waals surface area contributed by atoms with Crippen LogP contribution < -0.4 is 14.8 Å². The third-order valence-electron chi connectivity index (χ3n) is 3.43. The highest BCUT2D eigenvalue weighted by Crippen LogP contribution is 2.17. The van der Waals surface area contributed by atoms with Gasteiger partial charge in [-0.15, -0.1) is 0 Å². The number of hydrogen-bond acceptors (Lipinski definition) is 5. The summed E-state index contributed by atoms with van der Waals surface area (Å²) in [5, 5.41) is 2.59. The maximum Gasteiger partial charge on any atom is 0.310 e. The van der Waals surface area contributed by atoms with E-state index in [9.17, 15) is 14.0 Å². The van der Waals surface area contributed by atoms with Gasteiger partial charge in [0.05, 0.1) is 19.6 Å². The molecule has 0 aliphatic carbocycles. The van der Waals surface area contributed by atoms with E-state index >= 15 is 0 Å². The van der Waals surface area contributed by atoms with Gasteiger partial charge < -0.3 is 19.5 Å². The number of benzene rings is 2. The standard InChI is InChI=1S/C20H22FNO5/c1-2-25-17-6-8-18(9-7-17)26-11-10-22-19(23)14-27-20(24)13-15-4-3-5-16(21)12-15/h3-9,12H,2,10-11,13-14H2,1H3,(H,22,23). The number of halogens is 1. The summed E-state index contributed by atoms with van der Waals surface area (Å²) in [7, 11) is 0. The fourth-order valence-electron chi connectivity index (χ4n) is 2.22. The first-order valence-electron chi connectivity index (χ1n) is 8.59. The summed E-state index contributed by atoms with van der Waals surface area (Å²) < 4.78 is 28.7. The van der Waals surface area contributed by atoms with Gasteiger partial charge in [-0.05, 0) is 48.9 Å². The third-order valence-corrected chi connectivity index (χ3v) is 3.43. The Morgan fingerprint density at radius 2 is 1.74 bits per heavy atom. The van der Waals surface area contributed by atoms with E-state index in [0.717, 1.165) is 5.75 Å². The number of esters is 1. The van der Waals surface area contributed by atoms with Crippen LogP contribution in [-0.2, 0) is 20.7 Å². The van der Waals surface area contributed by atoms with Gasteiger partial charge in [0.15, 0.2) is 6.61 Å². The summed E-state index contributed by atoms with van der Waals surface area (Å²) in [5.74, 6) is -0.0303. The molecular weight excluding hydrogens is 353 g/mol. The van der Waals surface area contributed by atoms with Crippen molar-refractivity contribution in [3.05, 3.63) is 59.9 Å². The molecule has 1 amide bonds. The SMILES string of the molecule is CCOc1ccc(OCCNC(=O)COC(=O)Cc2cccc(F)c2)cc1. The van der Waals surface area contributed by atoms with Crippen LogP contribution in [0, 0.1) is 5.82 Å². The number of hydrogen-bond donors (Lipinski definition) is 1. The van der Waals surface area contributed by atoms with Gasteiger partial charge in [0, 0.05) is 0 Å². The number of rotatable bonds is 10. The van der Waals surface area contributed by atoms with E-state index in [0.29, 0.717) is 17.9 Å². The summed E-state index contributed by atoms with van der Waals surface area (Å²) in [4.78, 5) is 23.3. The normalized spacial score (nSPS) is 10.1. The lowest BCUT2D eigenvalue weighted by Gasteiger charge is -2.09. The van der Waals surface area contributed by atoms with Crippen LogP contribution in [0.25, 0.3) is 0 Å². The fourth-order valence-corrected chi connectivity index (χ4v) is 2.22. The molecule has 144 valence electrons. The molecule has 0 spiro atoms. The number of nitrogens with one attached hydrogen (secondary N) is 1. The molecule has 0 bridgehead atoms. The molecule has 0 unspecified atom stereocenters. The smallest absolute Gasteiger partial charge is 0.310 e. The Morgan fingerprint density at radius 3 is 2.41 bits per heavy atom. The summed E-state index contributed by atoms with van der Waals surface area (Å²) >= 11 is 0. The van der Waals surface area contributed by atoms with Crippen LogP contribution >= 0.6 is 0 Å². The van der Waals surface area contributed by atoms with Crippen LogP contribution in [0.15, 0.2) is 48.5 Å². The molecule has 0 heterocycles. The van der Waals surface area contributed by atoms with Crippen molar-refractivity contribution in [2.45, 2.75) is 13.3 Å². The number of ether oxygens (including phenoxy) is 3. The first-order valence-corrected chi connectivity index (χ1v) is 8.59. The molecule has 27 heavy (non-hydrogen) atoms. The Labute approximate surface area is 157 Å². The Morgan fingerprint density at radius 1 is 1.04 bits per heavy atom. The Hall–Kier alpha value is -3.09. The van der Waals surface area contributed by atoms with Gasteiger partial charge in [0.25, 0.3) is 5.91 Å². The number of carbonyl (C=O) groups is 2. The first-order chi connectivity index (χ1) is 13.1. The zero-order valence-electron chi connectivity index (χ0n) is 15.1. The Balaban J connectivity index is 1.59. The quantitative estimate of drug-likeness (QED) is 0.510. The van der Waals surface area contributed by atoms with Crippen molar-refractivity contribution < 1.29 is 28.2 Å². The summed E-state index contributed by atoms with van der Waals surface area (Å²) in [6, 6.07) is 12.8. The van der Waals surface area contributed by atoms with Gasteiger partial charge in [0.1, 0.15) is 23.9 Å². The molecule has 0 aliphatic heterocycles. The largest absolute Gasteiger partial charge is 0.494 e. The molecule has 7 heteroatoms. The predicted molar refractivity (Wildman–Crippen MR) is 97.2 cm³/mol. The van der Waals surface area contributed by atoms with Crippen molar-refractivity contribution in [2.75, 3.05) is 26.4 Å². The van der Waals surface area contributed by atoms with Crippen molar-refractivity contribution in [1.82, 2.24) is 5.32 Å². The molecular formula is C20H22FNO5.